The molecule has 0 bridgehead atoms. The molecule has 1 atom stereocenters. The number of hydrogen-bond donors (Lipinski definition) is 0. The highest BCUT2D eigenvalue weighted by molar-refractivity contribution is 5.93. The van der Waals surface area contributed by atoms with Crippen molar-refractivity contribution in [1.29, 1.82) is 0 Å². The van der Waals surface area contributed by atoms with E-state index in [1.54, 1.807) is 29.7 Å². The van der Waals surface area contributed by atoms with Crippen molar-refractivity contribution in [3.63, 3.8) is 0 Å². The van der Waals surface area contributed by atoms with E-state index in [2.05, 4.69) is 15.2 Å². The molecule has 1 amide bonds. The average molecular weight is 375 g/mol. The highest BCUT2D eigenvalue weighted by Crippen LogP contribution is 2.34. The number of piperidine rings is 1. The summed E-state index contributed by atoms with van der Waals surface area (Å²) in [4.78, 5) is 18.8. The van der Waals surface area contributed by atoms with Crippen LogP contribution in [0, 0.1) is 6.92 Å². The van der Waals surface area contributed by atoms with Crippen LogP contribution in [-0.4, -0.2) is 43.8 Å². The lowest BCUT2D eigenvalue weighted by molar-refractivity contribution is 0.0705. The standard InChI is InChI=1S/C18H19F2N5O2/c1-10-15-13(16(19)20)6-14(22-17(15)27-23-10)11-4-3-5-25(9-11)18(26)12-7-21-24(2)8-12/h6-8,11,16H,3-5,9H2,1-2H3/t11-/m1/s1. The molecule has 1 aliphatic heterocycles. The molecule has 4 rings (SSSR count). The number of hydrogen-bond acceptors (Lipinski definition) is 5. The lowest BCUT2D eigenvalue weighted by Crippen LogP contribution is -2.39. The van der Waals surface area contributed by atoms with E-state index in [0.717, 1.165) is 12.8 Å². The minimum atomic E-state index is -2.65. The molecule has 1 fully saturated rings. The fraction of sp³-hybridized carbons (Fsp3) is 0.444. The molecule has 142 valence electrons. The Morgan fingerprint density at radius 1 is 1.41 bits per heavy atom. The Labute approximate surface area is 153 Å². The van der Waals surface area contributed by atoms with E-state index in [1.165, 1.54) is 12.3 Å². The minimum Gasteiger partial charge on any atom is -0.338 e. The molecule has 3 aromatic rings. The number of alkyl halides is 2. The number of likely N-dealkylation sites (tertiary alicyclic amines) is 1. The summed E-state index contributed by atoms with van der Waals surface area (Å²) in [6.07, 6.45) is 2.09. The van der Waals surface area contributed by atoms with E-state index < -0.39 is 6.43 Å². The van der Waals surface area contributed by atoms with Gasteiger partial charge in [-0.2, -0.15) is 5.10 Å². The summed E-state index contributed by atoms with van der Waals surface area (Å²) < 4.78 is 33.8. The van der Waals surface area contributed by atoms with Crippen molar-refractivity contribution in [2.45, 2.75) is 32.1 Å². The second-order valence-electron chi connectivity index (χ2n) is 6.88. The molecule has 0 spiro atoms. The third-order valence-corrected chi connectivity index (χ3v) is 4.98. The molecular weight excluding hydrogens is 356 g/mol. The Balaban J connectivity index is 1.64. The third-order valence-electron chi connectivity index (χ3n) is 4.98. The largest absolute Gasteiger partial charge is 0.338 e. The van der Waals surface area contributed by atoms with Gasteiger partial charge in [0.1, 0.15) is 0 Å². The zero-order valence-electron chi connectivity index (χ0n) is 15.0. The van der Waals surface area contributed by atoms with Crippen LogP contribution in [0.2, 0.25) is 0 Å². The maximum atomic E-state index is 13.6. The van der Waals surface area contributed by atoms with Crippen molar-refractivity contribution >= 4 is 17.0 Å². The minimum absolute atomic E-state index is 0.113. The van der Waals surface area contributed by atoms with Crippen LogP contribution in [0.3, 0.4) is 0 Å². The van der Waals surface area contributed by atoms with Crippen LogP contribution in [0.15, 0.2) is 23.0 Å². The van der Waals surface area contributed by atoms with Gasteiger partial charge < -0.3 is 9.42 Å². The van der Waals surface area contributed by atoms with Gasteiger partial charge in [-0.1, -0.05) is 5.16 Å². The maximum absolute atomic E-state index is 13.6. The predicted octanol–water partition coefficient (Wildman–Crippen LogP) is 3.22. The monoisotopic (exact) mass is 375 g/mol. The Hall–Kier alpha value is -2.84. The number of carbonyl (C=O) groups excluding carboxylic acids is 1. The van der Waals surface area contributed by atoms with Gasteiger partial charge in [-0.25, -0.2) is 13.8 Å². The van der Waals surface area contributed by atoms with E-state index in [-0.39, 0.29) is 28.5 Å². The van der Waals surface area contributed by atoms with Crippen molar-refractivity contribution in [2.24, 2.45) is 7.05 Å². The molecule has 1 aliphatic rings. The van der Waals surface area contributed by atoms with Crippen LogP contribution in [-0.2, 0) is 7.05 Å². The van der Waals surface area contributed by atoms with Gasteiger partial charge >= 0.3 is 0 Å². The Morgan fingerprint density at radius 2 is 2.22 bits per heavy atom. The normalized spacial score (nSPS) is 17.8. The number of nitrogens with zero attached hydrogens (tertiary/aromatic N) is 5. The average Bonchev–Trinajstić information content (AvgIpc) is 3.26. The SMILES string of the molecule is Cc1noc2nc([C@@H]3CCCN(C(=O)c4cnn(C)c4)C3)cc(C(F)F)c12. The van der Waals surface area contributed by atoms with Crippen LogP contribution in [0.4, 0.5) is 8.78 Å². The maximum Gasteiger partial charge on any atom is 0.264 e. The molecule has 0 aromatic carbocycles. The summed E-state index contributed by atoms with van der Waals surface area (Å²) >= 11 is 0. The predicted molar refractivity (Wildman–Crippen MR) is 92.6 cm³/mol. The molecule has 7 nitrogen and oxygen atoms in total. The summed E-state index contributed by atoms with van der Waals surface area (Å²) in [6.45, 7) is 2.66. The van der Waals surface area contributed by atoms with Crippen LogP contribution in [0.25, 0.3) is 11.1 Å². The van der Waals surface area contributed by atoms with Crippen molar-refractivity contribution in [1.82, 2.24) is 24.8 Å². The highest BCUT2D eigenvalue weighted by atomic mass is 19.3. The summed E-state index contributed by atoms with van der Waals surface area (Å²) in [5.41, 5.74) is 1.43. The van der Waals surface area contributed by atoms with Crippen LogP contribution in [0.1, 0.15) is 52.5 Å². The van der Waals surface area contributed by atoms with Crippen molar-refractivity contribution in [3.05, 3.63) is 41.0 Å². The summed E-state index contributed by atoms with van der Waals surface area (Å²) in [5.74, 6) is -0.245. The van der Waals surface area contributed by atoms with Crippen LogP contribution >= 0.6 is 0 Å². The lowest BCUT2D eigenvalue weighted by Gasteiger charge is -2.32. The van der Waals surface area contributed by atoms with Crippen molar-refractivity contribution in [2.75, 3.05) is 13.1 Å². The molecular formula is C18H19F2N5O2. The number of halogens is 2. The molecule has 0 aliphatic carbocycles. The van der Waals surface area contributed by atoms with Gasteiger partial charge in [0.05, 0.1) is 22.8 Å². The first-order valence-electron chi connectivity index (χ1n) is 8.77. The van der Waals surface area contributed by atoms with Crippen LogP contribution in [0.5, 0.6) is 0 Å². The lowest BCUT2D eigenvalue weighted by atomic mass is 9.92. The van der Waals surface area contributed by atoms with E-state index in [4.69, 9.17) is 4.52 Å². The van der Waals surface area contributed by atoms with Gasteiger partial charge in [-0.15, -0.1) is 0 Å². The highest BCUT2D eigenvalue weighted by Gasteiger charge is 2.29. The van der Waals surface area contributed by atoms with E-state index >= 15 is 0 Å². The number of amides is 1. The first-order chi connectivity index (χ1) is 12.9. The summed E-state index contributed by atoms with van der Waals surface area (Å²) in [5, 5.41) is 8.07. The topological polar surface area (TPSA) is 77.1 Å². The van der Waals surface area contributed by atoms with Crippen molar-refractivity contribution in [3.8, 4) is 0 Å². The molecule has 0 N–H and O–H groups in total. The van der Waals surface area contributed by atoms with Gasteiger partial charge in [0.2, 0.25) is 0 Å². The smallest absolute Gasteiger partial charge is 0.264 e. The zero-order valence-corrected chi connectivity index (χ0v) is 15.0. The molecule has 0 saturated carbocycles. The number of fused-ring (bicyclic) bond motifs is 1. The zero-order chi connectivity index (χ0) is 19.1. The number of aromatic nitrogens is 4. The second kappa shape index (κ2) is 6.71. The van der Waals surface area contributed by atoms with Crippen LogP contribution < -0.4 is 0 Å². The fourth-order valence-corrected chi connectivity index (χ4v) is 3.65. The molecule has 9 heteroatoms. The molecule has 4 heterocycles. The van der Waals surface area contributed by atoms with Crippen molar-refractivity contribution < 1.29 is 18.1 Å². The van der Waals surface area contributed by atoms with Gasteiger partial charge in [-0.05, 0) is 25.8 Å². The first-order valence-corrected chi connectivity index (χ1v) is 8.77. The van der Waals surface area contributed by atoms with E-state index in [9.17, 15) is 13.6 Å². The Kier molecular flexibility index (Phi) is 4.37. The second-order valence-corrected chi connectivity index (χ2v) is 6.88. The molecule has 0 unspecified atom stereocenters. The molecule has 3 aromatic heterocycles. The van der Waals surface area contributed by atoms with Gasteiger partial charge in [0, 0.05) is 43.5 Å². The molecule has 0 radical (unpaired) electrons. The first kappa shape index (κ1) is 17.6. The van der Waals surface area contributed by atoms with Gasteiger partial charge in [0.25, 0.3) is 18.0 Å². The quantitative estimate of drug-likeness (QED) is 0.702. The number of pyridine rings is 1. The van der Waals surface area contributed by atoms with Gasteiger partial charge in [0.15, 0.2) is 0 Å². The Morgan fingerprint density at radius 3 is 2.93 bits per heavy atom. The summed E-state index contributed by atoms with van der Waals surface area (Å²) in [6, 6.07) is 1.43. The summed E-state index contributed by atoms with van der Waals surface area (Å²) in [7, 11) is 1.75. The van der Waals surface area contributed by atoms with E-state index in [0.29, 0.717) is 30.0 Å². The fourth-order valence-electron chi connectivity index (χ4n) is 3.65. The van der Waals surface area contributed by atoms with E-state index in [1.807, 2.05) is 0 Å². The Bertz CT molecular complexity index is 997. The van der Waals surface area contributed by atoms with Gasteiger partial charge in [-0.3, -0.25) is 9.48 Å². The number of rotatable bonds is 3. The molecule has 1 saturated heterocycles. The number of aryl methyl sites for hydroxylation is 2. The number of carbonyl (C=O) groups is 1. The molecule has 27 heavy (non-hydrogen) atoms. The third kappa shape index (κ3) is 3.17.